The molecule has 1 unspecified atom stereocenters. The molecular formula is C39H72O4. The number of carboxylic acid groups (broad SMARTS) is 2. The Bertz CT molecular complexity index is 654. The number of carbonyl (C=O) groups is 2. The van der Waals surface area contributed by atoms with Gasteiger partial charge in [0.1, 0.15) is 0 Å². The molecule has 4 heteroatoms. The molecule has 0 aliphatic heterocycles. The Morgan fingerprint density at radius 1 is 0.395 bits per heavy atom. The van der Waals surface area contributed by atoms with Crippen LogP contribution in [0.25, 0.3) is 0 Å². The summed E-state index contributed by atoms with van der Waals surface area (Å²) in [6.07, 6.45) is 46.9. The molecular weight excluding hydrogens is 532 g/mol. The first-order valence-corrected chi connectivity index (χ1v) is 18.8. The van der Waals surface area contributed by atoms with E-state index in [0.29, 0.717) is 12.8 Å². The molecule has 0 fully saturated rings. The monoisotopic (exact) mass is 605 g/mol. The summed E-state index contributed by atoms with van der Waals surface area (Å²) in [6.45, 7) is 2.46. The molecule has 0 aliphatic rings. The van der Waals surface area contributed by atoms with Crippen LogP contribution in [-0.2, 0) is 9.59 Å². The smallest absolute Gasteiger partial charge is 0.303 e. The maximum absolute atomic E-state index is 10.5. The maximum Gasteiger partial charge on any atom is 0.303 e. The highest BCUT2D eigenvalue weighted by Gasteiger charge is 2.02. The highest BCUT2D eigenvalue weighted by molar-refractivity contribution is 5.66. The van der Waals surface area contributed by atoms with Gasteiger partial charge in [0.15, 0.2) is 0 Å². The molecule has 0 bridgehead atoms. The lowest BCUT2D eigenvalue weighted by molar-refractivity contribution is -0.138. The van der Waals surface area contributed by atoms with Crippen molar-refractivity contribution in [3.63, 3.8) is 0 Å². The van der Waals surface area contributed by atoms with Crippen molar-refractivity contribution in [2.24, 2.45) is 5.92 Å². The molecule has 0 rings (SSSR count). The number of hydrogen-bond donors (Lipinski definition) is 2. The summed E-state index contributed by atoms with van der Waals surface area (Å²) < 4.78 is 0. The third-order valence-electron chi connectivity index (χ3n) is 8.74. The highest BCUT2D eigenvalue weighted by Crippen LogP contribution is 2.19. The van der Waals surface area contributed by atoms with Gasteiger partial charge in [0.05, 0.1) is 0 Å². The summed E-state index contributed by atoms with van der Waals surface area (Å²) >= 11 is 0. The van der Waals surface area contributed by atoms with E-state index in [4.69, 9.17) is 10.2 Å². The van der Waals surface area contributed by atoms with E-state index in [1.54, 1.807) is 0 Å². The van der Waals surface area contributed by atoms with Gasteiger partial charge in [-0.2, -0.15) is 0 Å². The van der Waals surface area contributed by atoms with E-state index in [2.05, 4.69) is 31.2 Å². The summed E-state index contributed by atoms with van der Waals surface area (Å²) in [5, 5.41) is 17.3. The van der Waals surface area contributed by atoms with E-state index in [1.807, 2.05) is 0 Å². The number of carboxylic acids is 2. The van der Waals surface area contributed by atoms with Crippen molar-refractivity contribution in [3.05, 3.63) is 24.3 Å². The van der Waals surface area contributed by atoms with E-state index < -0.39 is 11.9 Å². The molecule has 1 atom stereocenters. The Morgan fingerprint density at radius 2 is 0.628 bits per heavy atom. The predicted molar refractivity (Wildman–Crippen MR) is 186 cm³/mol. The zero-order chi connectivity index (χ0) is 31.5. The van der Waals surface area contributed by atoms with Crippen molar-refractivity contribution in [2.75, 3.05) is 0 Å². The number of aliphatic carboxylic acids is 2. The Labute approximate surface area is 267 Å². The lowest BCUT2D eigenvalue weighted by Crippen LogP contribution is -1.95. The first-order chi connectivity index (χ1) is 21.0. The number of hydrogen-bond acceptors (Lipinski definition) is 2. The van der Waals surface area contributed by atoms with Crippen molar-refractivity contribution in [2.45, 2.75) is 206 Å². The summed E-state index contributed by atoms with van der Waals surface area (Å²) in [5.74, 6) is -0.430. The van der Waals surface area contributed by atoms with Crippen LogP contribution in [0.1, 0.15) is 206 Å². The summed E-state index contributed by atoms with van der Waals surface area (Å²) in [4.78, 5) is 21.0. The quantitative estimate of drug-likeness (QED) is 0.0557. The van der Waals surface area contributed by atoms with E-state index in [9.17, 15) is 9.59 Å². The second-order valence-corrected chi connectivity index (χ2v) is 13.2. The minimum Gasteiger partial charge on any atom is -0.481 e. The number of unbranched alkanes of at least 4 members (excludes halogenated alkanes) is 23. The van der Waals surface area contributed by atoms with Crippen molar-refractivity contribution in [3.8, 4) is 0 Å². The molecule has 0 saturated heterocycles. The molecule has 0 heterocycles. The maximum atomic E-state index is 10.5. The van der Waals surface area contributed by atoms with Crippen LogP contribution < -0.4 is 0 Å². The Balaban J connectivity index is 3.24. The molecule has 0 radical (unpaired) electrons. The minimum atomic E-state index is -0.666. The van der Waals surface area contributed by atoms with Gasteiger partial charge in [-0.25, -0.2) is 0 Å². The fourth-order valence-electron chi connectivity index (χ4n) is 5.85. The Morgan fingerprint density at radius 3 is 0.907 bits per heavy atom. The topological polar surface area (TPSA) is 74.6 Å². The van der Waals surface area contributed by atoms with Crippen LogP contribution in [0.5, 0.6) is 0 Å². The second-order valence-electron chi connectivity index (χ2n) is 13.2. The molecule has 0 aromatic heterocycles. The molecule has 2 N–H and O–H groups in total. The van der Waals surface area contributed by atoms with Crippen LogP contribution in [-0.4, -0.2) is 22.2 Å². The second kappa shape index (κ2) is 34.9. The summed E-state index contributed by atoms with van der Waals surface area (Å²) in [5.41, 5.74) is 0. The van der Waals surface area contributed by atoms with E-state index in [1.165, 1.54) is 161 Å². The van der Waals surface area contributed by atoms with Crippen molar-refractivity contribution < 1.29 is 19.8 Å². The average molecular weight is 605 g/mol. The normalized spacial score (nSPS) is 12.5. The van der Waals surface area contributed by atoms with Gasteiger partial charge in [0.25, 0.3) is 0 Å². The largest absolute Gasteiger partial charge is 0.481 e. The summed E-state index contributed by atoms with van der Waals surface area (Å²) in [6, 6.07) is 0. The molecule has 0 saturated carbocycles. The zero-order valence-corrected chi connectivity index (χ0v) is 28.5. The zero-order valence-electron chi connectivity index (χ0n) is 28.5. The van der Waals surface area contributed by atoms with Crippen molar-refractivity contribution in [1.29, 1.82) is 0 Å². The van der Waals surface area contributed by atoms with Crippen LogP contribution in [0.3, 0.4) is 0 Å². The van der Waals surface area contributed by atoms with Crippen LogP contribution in [0, 0.1) is 5.92 Å². The predicted octanol–water partition coefficient (Wildman–Crippen LogP) is 13.0. The number of allylic oxidation sites excluding steroid dienone is 4. The van der Waals surface area contributed by atoms with Gasteiger partial charge in [0.2, 0.25) is 0 Å². The standard InChI is InChI=1S/C39H72O4/c1-37(34-30-26-22-18-14-10-6-4-8-12-16-20-24-28-32-36-39(42)43)33-29-25-21-17-13-9-5-2-3-7-11-15-19-23-27-31-35-38(40)41/h3-4,7-8,37H,2,5-6,9-36H2,1H3,(H,40,41)(H,42,43)/b7-3-,8-4-. The van der Waals surface area contributed by atoms with Crippen LogP contribution in [0.15, 0.2) is 24.3 Å². The SMILES string of the molecule is CC(CCCCCCCC/C=C\CCCCCCCC(=O)O)CCCCCCCCC/C=C\CCCCCCCC(=O)O. The van der Waals surface area contributed by atoms with E-state index in [-0.39, 0.29) is 0 Å². The van der Waals surface area contributed by atoms with Crippen LogP contribution in [0.4, 0.5) is 0 Å². The Kier molecular flexibility index (Phi) is 33.6. The van der Waals surface area contributed by atoms with Crippen LogP contribution in [0.2, 0.25) is 0 Å². The van der Waals surface area contributed by atoms with Crippen molar-refractivity contribution in [1.82, 2.24) is 0 Å². The van der Waals surface area contributed by atoms with Crippen molar-refractivity contribution >= 4 is 11.9 Å². The first-order valence-electron chi connectivity index (χ1n) is 18.8. The fraction of sp³-hybridized carbons (Fsp3) is 0.846. The molecule has 0 amide bonds. The van der Waals surface area contributed by atoms with Gasteiger partial charge in [-0.3, -0.25) is 9.59 Å². The lowest BCUT2D eigenvalue weighted by atomic mass is 9.95. The minimum absolute atomic E-state index is 0.324. The van der Waals surface area contributed by atoms with Gasteiger partial charge < -0.3 is 10.2 Å². The van der Waals surface area contributed by atoms with Gasteiger partial charge in [-0.15, -0.1) is 0 Å². The molecule has 0 aromatic carbocycles. The molecule has 0 spiro atoms. The summed E-state index contributed by atoms with van der Waals surface area (Å²) in [7, 11) is 0. The molecule has 0 aromatic rings. The average Bonchev–Trinajstić information content (AvgIpc) is 2.97. The number of rotatable bonds is 35. The van der Waals surface area contributed by atoms with E-state index in [0.717, 1.165) is 31.6 Å². The van der Waals surface area contributed by atoms with Gasteiger partial charge >= 0.3 is 11.9 Å². The van der Waals surface area contributed by atoms with Gasteiger partial charge in [-0.05, 0) is 70.1 Å². The molecule has 43 heavy (non-hydrogen) atoms. The molecule has 4 nitrogen and oxygen atoms in total. The van der Waals surface area contributed by atoms with Crippen LogP contribution >= 0.6 is 0 Å². The van der Waals surface area contributed by atoms with E-state index >= 15 is 0 Å². The highest BCUT2D eigenvalue weighted by atomic mass is 16.4. The molecule has 0 aliphatic carbocycles. The fourth-order valence-corrected chi connectivity index (χ4v) is 5.85. The lowest BCUT2D eigenvalue weighted by Gasteiger charge is -2.11. The Hall–Kier alpha value is -1.58. The molecule has 252 valence electrons. The van der Waals surface area contributed by atoms with Gasteiger partial charge in [-0.1, -0.05) is 153 Å². The third kappa shape index (κ3) is 38.4. The third-order valence-corrected chi connectivity index (χ3v) is 8.74. The first kappa shape index (κ1) is 41.4. The van der Waals surface area contributed by atoms with Gasteiger partial charge in [0, 0.05) is 12.8 Å².